The molecule has 1 heterocycles. The van der Waals surface area contributed by atoms with Crippen LogP contribution in [0.4, 0.5) is 0 Å². The third-order valence-corrected chi connectivity index (χ3v) is 4.51. The van der Waals surface area contributed by atoms with Crippen LogP contribution in [-0.2, 0) is 11.3 Å². The van der Waals surface area contributed by atoms with Crippen LogP contribution in [0.3, 0.4) is 0 Å². The maximum atomic E-state index is 12.4. The van der Waals surface area contributed by atoms with Crippen LogP contribution >= 0.6 is 0 Å². The molecule has 1 amide bonds. The highest BCUT2D eigenvalue weighted by Crippen LogP contribution is 2.15. The zero-order valence-corrected chi connectivity index (χ0v) is 13.4. The van der Waals surface area contributed by atoms with Gasteiger partial charge in [-0.05, 0) is 30.4 Å². The van der Waals surface area contributed by atoms with Gasteiger partial charge in [-0.15, -0.1) is 0 Å². The van der Waals surface area contributed by atoms with E-state index in [4.69, 9.17) is 5.73 Å². The van der Waals surface area contributed by atoms with Gasteiger partial charge in [-0.1, -0.05) is 31.2 Å². The first-order chi connectivity index (χ1) is 9.97. The summed E-state index contributed by atoms with van der Waals surface area (Å²) < 4.78 is 0. The lowest BCUT2D eigenvalue weighted by Crippen LogP contribution is -2.49. The third kappa shape index (κ3) is 4.29. The topological polar surface area (TPSA) is 49.6 Å². The molecule has 0 radical (unpaired) electrons. The molecule has 1 aromatic carbocycles. The number of nitrogens with two attached hydrogens (primary N) is 1. The van der Waals surface area contributed by atoms with Crippen molar-refractivity contribution < 1.29 is 4.79 Å². The fraction of sp³-hybridized carbons (Fsp3) is 0.588. The second-order valence-electron chi connectivity index (χ2n) is 6.34. The molecule has 0 saturated carbocycles. The molecule has 0 aromatic heterocycles. The summed E-state index contributed by atoms with van der Waals surface area (Å²) in [7, 11) is 1.88. The molecule has 2 atom stereocenters. The molecule has 1 fully saturated rings. The highest BCUT2D eigenvalue weighted by atomic mass is 16.2. The molecule has 0 aliphatic carbocycles. The number of likely N-dealkylation sites (N-methyl/N-ethyl adjacent to an activating group) is 1. The number of hydrogen-bond donors (Lipinski definition) is 1. The van der Waals surface area contributed by atoms with E-state index in [1.54, 1.807) is 0 Å². The number of hydrogen-bond acceptors (Lipinski definition) is 3. The first-order valence-electron chi connectivity index (χ1n) is 7.73. The van der Waals surface area contributed by atoms with E-state index in [0.717, 1.165) is 19.5 Å². The van der Waals surface area contributed by atoms with Crippen molar-refractivity contribution >= 4 is 5.91 Å². The van der Waals surface area contributed by atoms with E-state index in [9.17, 15) is 4.79 Å². The Bertz CT molecular complexity index is 489. The van der Waals surface area contributed by atoms with Gasteiger partial charge in [-0.2, -0.15) is 0 Å². The average Bonchev–Trinajstić information content (AvgIpc) is 2.45. The van der Waals surface area contributed by atoms with Gasteiger partial charge < -0.3 is 10.6 Å². The SMILES string of the molecule is Cc1ccccc1CN(C)C(=O)CN1CCC(N)C(C)C1. The molecule has 2 N–H and O–H groups in total. The van der Waals surface area contributed by atoms with Crippen LogP contribution in [0, 0.1) is 12.8 Å². The summed E-state index contributed by atoms with van der Waals surface area (Å²) in [5, 5.41) is 0. The van der Waals surface area contributed by atoms with Crippen molar-refractivity contribution in [2.45, 2.75) is 32.9 Å². The number of amides is 1. The smallest absolute Gasteiger partial charge is 0.236 e. The Morgan fingerprint density at radius 3 is 2.81 bits per heavy atom. The van der Waals surface area contributed by atoms with E-state index >= 15 is 0 Å². The monoisotopic (exact) mass is 289 g/mol. The molecular weight excluding hydrogens is 262 g/mol. The average molecular weight is 289 g/mol. The van der Waals surface area contributed by atoms with E-state index in [-0.39, 0.29) is 11.9 Å². The van der Waals surface area contributed by atoms with Gasteiger partial charge in [0.1, 0.15) is 0 Å². The number of carbonyl (C=O) groups excluding carboxylic acids is 1. The predicted octanol–water partition coefficient (Wildman–Crippen LogP) is 1.62. The maximum absolute atomic E-state index is 12.4. The predicted molar refractivity (Wildman–Crippen MR) is 85.8 cm³/mol. The largest absolute Gasteiger partial charge is 0.340 e. The van der Waals surface area contributed by atoms with Crippen molar-refractivity contribution in [1.82, 2.24) is 9.80 Å². The second kappa shape index (κ2) is 7.05. The zero-order valence-electron chi connectivity index (χ0n) is 13.4. The van der Waals surface area contributed by atoms with Crippen LogP contribution in [0.2, 0.25) is 0 Å². The summed E-state index contributed by atoms with van der Waals surface area (Å²) in [6, 6.07) is 8.50. The normalized spacial score (nSPS) is 23.0. The van der Waals surface area contributed by atoms with Crippen molar-refractivity contribution in [3.63, 3.8) is 0 Å². The maximum Gasteiger partial charge on any atom is 0.236 e. The summed E-state index contributed by atoms with van der Waals surface area (Å²) in [6.45, 7) is 7.27. The zero-order chi connectivity index (χ0) is 15.4. The molecule has 0 spiro atoms. The molecule has 4 heteroatoms. The van der Waals surface area contributed by atoms with Crippen LogP contribution < -0.4 is 5.73 Å². The third-order valence-electron chi connectivity index (χ3n) is 4.51. The van der Waals surface area contributed by atoms with Gasteiger partial charge in [0.05, 0.1) is 6.54 Å². The number of piperidine rings is 1. The van der Waals surface area contributed by atoms with Crippen molar-refractivity contribution in [3.8, 4) is 0 Å². The summed E-state index contributed by atoms with van der Waals surface area (Å²) in [6.07, 6.45) is 0.982. The van der Waals surface area contributed by atoms with Gasteiger partial charge in [-0.25, -0.2) is 0 Å². The Morgan fingerprint density at radius 1 is 1.43 bits per heavy atom. The molecule has 1 aliphatic heterocycles. The standard InChI is InChI=1S/C17H27N3O/c1-13-6-4-5-7-15(13)11-19(3)17(21)12-20-9-8-16(18)14(2)10-20/h4-7,14,16H,8-12,18H2,1-3H3. The Morgan fingerprint density at radius 2 is 2.14 bits per heavy atom. The van der Waals surface area contributed by atoms with Gasteiger partial charge in [0.2, 0.25) is 5.91 Å². The van der Waals surface area contributed by atoms with Crippen molar-refractivity contribution in [2.75, 3.05) is 26.7 Å². The molecule has 2 rings (SSSR count). The number of benzene rings is 1. The first kappa shape index (κ1) is 16.0. The van der Waals surface area contributed by atoms with E-state index < -0.39 is 0 Å². The lowest BCUT2D eigenvalue weighted by molar-refractivity contribution is -0.132. The lowest BCUT2D eigenvalue weighted by atomic mass is 9.95. The highest BCUT2D eigenvalue weighted by molar-refractivity contribution is 5.78. The highest BCUT2D eigenvalue weighted by Gasteiger charge is 2.25. The minimum Gasteiger partial charge on any atom is -0.340 e. The Labute approximate surface area is 127 Å². The summed E-state index contributed by atoms with van der Waals surface area (Å²) in [5.41, 5.74) is 8.47. The number of nitrogens with zero attached hydrogens (tertiary/aromatic N) is 2. The molecule has 2 unspecified atom stereocenters. The molecule has 4 nitrogen and oxygen atoms in total. The van der Waals surface area contributed by atoms with Crippen molar-refractivity contribution in [2.24, 2.45) is 11.7 Å². The van der Waals surface area contributed by atoms with Gasteiger partial charge in [0.15, 0.2) is 0 Å². The van der Waals surface area contributed by atoms with Crippen LogP contribution in [0.15, 0.2) is 24.3 Å². The van der Waals surface area contributed by atoms with E-state index in [2.05, 4.69) is 30.9 Å². The van der Waals surface area contributed by atoms with Crippen LogP contribution in [-0.4, -0.2) is 48.4 Å². The fourth-order valence-corrected chi connectivity index (χ4v) is 2.84. The van der Waals surface area contributed by atoms with Gasteiger partial charge in [0, 0.05) is 32.7 Å². The molecule has 21 heavy (non-hydrogen) atoms. The lowest BCUT2D eigenvalue weighted by Gasteiger charge is -2.35. The number of likely N-dealkylation sites (tertiary alicyclic amines) is 1. The second-order valence-corrected chi connectivity index (χ2v) is 6.34. The summed E-state index contributed by atoms with van der Waals surface area (Å²) >= 11 is 0. The number of rotatable bonds is 4. The quantitative estimate of drug-likeness (QED) is 0.916. The summed E-state index contributed by atoms with van der Waals surface area (Å²) in [5.74, 6) is 0.647. The molecule has 1 aliphatic rings. The molecule has 1 saturated heterocycles. The van der Waals surface area contributed by atoms with Crippen molar-refractivity contribution in [1.29, 1.82) is 0 Å². The Balaban J connectivity index is 1.87. The van der Waals surface area contributed by atoms with Crippen molar-refractivity contribution in [3.05, 3.63) is 35.4 Å². The summed E-state index contributed by atoms with van der Waals surface area (Å²) in [4.78, 5) is 16.4. The molecular formula is C17H27N3O. The van der Waals surface area contributed by atoms with Crippen LogP contribution in [0.25, 0.3) is 0 Å². The van der Waals surface area contributed by atoms with Crippen LogP contribution in [0.1, 0.15) is 24.5 Å². The minimum absolute atomic E-state index is 0.181. The minimum atomic E-state index is 0.181. The van der Waals surface area contributed by atoms with Crippen LogP contribution in [0.5, 0.6) is 0 Å². The fourth-order valence-electron chi connectivity index (χ4n) is 2.84. The van der Waals surface area contributed by atoms with Gasteiger partial charge >= 0.3 is 0 Å². The number of carbonyl (C=O) groups is 1. The molecule has 0 bridgehead atoms. The van der Waals surface area contributed by atoms with E-state index in [0.29, 0.717) is 19.0 Å². The Hall–Kier alpha value is -1.39. The van der Waals surface area contributed by atoms with E-state index in [1.165, 1.54) is 11.1 Å². The number of aryl methyl sites for hydroxylation is 1. The molecule has 1 aromatic rings. The van der Waals surface area contributed by atoms with E-state index in [1.807, 2.05) is 24.1 Å². The Kier molecular flexibility index (Phi) is 5.37. The molecule has 116 valence electrons. The van der Waals surface area contributed by atoms with Gasteiger partial charge in [-0.3, -0.25) is 9.69 Å². The van der Waals surface area contributed by atoms with Gasteiger partial charge in [0.25, 0.3) is 0 Å². The first-order valence-corrected chi connectivity index (χ1v) is 7.73.